The molecule has 0 aliphatic heterocycles. The highest BCUT2D eigenvalue weighted by Crippen LogP contribution is 2.42. The van der Waals surface area contributed by atoms with E-state index in [9.17, 15) is 0 Å². The van der Waals surface area contributed by atoms with Gasteiger partial charge in [-0.2, -0.15) is 0 Å². The number of hydrogen-bond acceptors (Lipinski definition) is 0. The number of aromatic nitrogens is 2. The van der Waals surface area contributed by atoms with Gasteiger partial charge in [-0.05, 0) is 114 Å². The fourth-order valence-electron chi connectivity index (χ4n) is 7.29. The fraction of sp³-hybridized carbons (Fsp3) is 0.211. The van der Waals surface area contributed by atoms with Crippen LogP contribution in [0.5, 0.6) is 0 Å². The Labute approximate surface area is 236 Å². The lowest BCUT2D eigenvalue weighted by Gasteiger charge is -2.16. The highest BCUT2D eigenvalue weighted by atomic mass is 15.0. The van der Waals surface area contributed by atoms with E-state index in [-0.39, 0.29) is 0 Å². The van der Waals surface area contributed by atoms with E-state index in [4.69, 9.17) is 0 Å². The van der Waals surface area contributed by atoms with Crippen LogP contribution in [-0.4, -0.2) is 9.13 Å². The van der Waals surface area contributed by atoms with Crippen molar-refractivity contribution in [2.75, 3.05) is 0 Å². The zero-order valence-corrected chi connectivity index (χ0v) is 24.8. The Balaban J connectivity index is 1.72. The maximum absolute atomic E-state index is 2.51. The molecule has 0 fully saturated rings. The van der Waals surface area contributed by atoms with Crippen LogP contribution in [0.1, 0.15) is 44.5 Å². The third kappa shape index (κ3) is 3.48. The van der Waals surface area contributed by atoms with Crippen LogP contribution in [0.2, 0.25) is 0 Å². The molecule has 0 N–H and O–H groups in total. The van der Waals surface area contributed by atoms with Crippen molar-refractivity contribution in [3.8, 4) is 11.4 Å². The summed E-state index contributed by atoms with van der Waals surface area (Å²) in [6.45, 7) is 17.8. The summed E-state index contributed by atoms with van der Waals surface area (Å²) in [6, 6.07) is 28.0. The summed E-state index contributed by atoms with van der Waals surface area (Å²) in [4.78, 5) is 0. The minimum Gasteiger partial charge on any atom is -0.309 e. The Morgan fingerprint density at radius 3 is 1.00 bits per heavy atom. The van der Waals surface area contributed by atoms with E-state index in [2.05, 4.69) is 137 Å². The lowest BCUT2D eigenvalue weighted by molar-refractivity contribution is 1.11. The van der Waals surface area contributed by atoms with Crippen LogP contribution in [0.15, 0.2) is 72.8 Å². The molecule has 0 unspecified atom stereocenters. The first-order valence-electron chi connectivity index (χ1n) is 14.3. The molecule has 0 radical (unpaired) electrons. The van der Waals surface area contributed by atoms with E-state index in [1.807, 2.05) is 0 Å². The smallest absolute Gasteiger partial charge is 0.0549 e. The predicted molar refractivity (Wildman–Crippen MR) is 173 cm³/mol. The second kappa shape index (κ2) is 8.60. The molecular weight excluding hydrogens is 484 g/mol. The second-order valence-electron chi connectivity index (χ2n) is 12.1. The minimum absolute atomic E-state index is 1.26. The highest BCUT2D eigenvalue weighted by Gasteiger charge is 2.21. The molecule has 0 aliphatic rings. The van der Waals surface area contributed by atoms with E-state index in [0.29, 0.717) is 0 Å². The Morgan fingerprint density at radius 1 is 0.325 bits per heavy atom. The normalized spacial score (nSPS) is 12.0. The van der Waals surface area contributed by atoms with Gasteiger partial charge in [-0.3, -0.25) is 0 Å². The number of aryl methyl sites for hydroxylation is 8. The quantitative estimate of drug-likeness (QED) is 0.215. The number of fused-ring (bicyclic) bond motifs is 6. The van der Waals surface area contributed by atoms with Crippen LogP contribution in [0, 0.1) is 55.4 Å². The largest absolute Gasteiger partial charge is 0.309 e. The molecule has 2 heterocycles. The Kier molecular flexibility index (Phi) is 5.31. The summed E-state index contributed by atoms with van der Waals surface area (Å²) < 4.78 is 5.02. The van der Waals surface area contributed by atoms with Gasteiger partial charge in [0.2, 0.25) is 0 Å². The van der Waals surface area contributed by atoms with Gasteiger partial charge in [-0.15, -0.1) is 0 Å². The van der Waals surface area contributed by atoms with Crippen LogP contribution >= 0.6 is 0 Å². The molecule has 2 nitrogen and oxygen atoms in total. The SMILES string of the molecule is Cc1cc(C)c(-n2c3ccc(C)cc3c3cc4c(cc32)c2cc(C)ccc2n4-c2c(C)cc(C)cc2C)c(C)c1. The van der Waals surface area contributed by atoms with E-state index in [1.54, 1.807) is 0 Å². The maximum Gasteiger partial charge on any atom is 0.0549 e. The molecule has 5 aromatic carbocycles. The summed E-state index contributed by atoms with van der Waals surface area (Å²) in [7, 11) is 0. The van der Waals surface area contributed by atoms with Gasteiger partial charge in [0, 0.05) is 21.5 Å². The molecule has 0 atom stereocenters. The average molecular weight is 521 g/mol. The molecule has 0 spiro atoms. The first kappa shape index (κ1) is 24.7. The third-order valence-corrected chi connectivity index (χ3v) is 8.68. The molecule has 7 rings (SSSR count). The van der Waals surface area contributed by atoms with E-state index in [0.717, 1.165) is 0 Å². The molecular formula is C38H36N2. The molecule has 0 saturated heterocycles. The first-order chi connectivity index (χ1) is 19.1. The van der Waals surface area contributed by atoms with Crippen molar-refractivity contribution in [2.24, 2.45) is 0 Å². The Morgan fingerprint density at radius 2 is 0.650 bits per heavy atom. The molecule has 0 amide bonds. The molecule has 0 saturated carbocycles. The van der Waals surface area contributed by atoms with Gasteiger partial charge >= 0.3 is 0 Å². The molecule has 2 heteroatoms. The predicted octanol–water partition coefficient (Wildman–Crippen LogP) is 10.3. The van der Waals surface area contributed by atoms with Crippen molar-refractivity contribution in [3.63, 3.8) is 0 Å². The average Bonchev–Trinajstić information content (AvgIpc) is 3.34. The monoisotopic (exact) mass is 520 g/mol. The molecule has 2 aromatic heterocycles. The van der Waals surface area contributed by atoms with Crippen molar-refractivity contribution in [1.82, 2.24) is 9.13 Å². The van der Waals surface area contributed by atoms with Crippen LogP contribution < -0.4 is 0 Å². The lowest BCUT2D eigenvalue weighted by Crippen LogP contribution is -2.01. The van der Waals surface area contributed by atoms with Crippen molar-refractivity contribution in [1.29, 1.82) is 0 Å². The Bertz CT molecular complexity index is 1980. The number of nitrogens with zero attached hydrogens (tertiary/aromatic N) is 2. The molecule has 198 valence electrons. The number of hydrogen-bond donors (Lipinski definition) is 0. The summed E-state index contributed by atoms with van der Waals surface area (Å²) in [5.41, 5.74) is 18.0. The van der Waals surface area contributed by atoms with E-state index < -0.39 is 0 Å². The number of rotatable bonds is 2. The van der Waals surface area contributed by atoms with Gasteiger partial charge < -0.3 is 9.13 Å². The van der Waals surface area contributed by atoms with Crippen LogP contribution in [0.25, 0.3) is 55.0 Å². The van der Waals surface area contributed by atoms with Gasteiger partial charge in [-0.1, -0.05) is 58.7 Å². The third-order valence-electron chi connectivity index (χ3n) is 8.68. The number of benzene rings is 5. The summed E-state index contributed by atoms with van der Waals surface area (Å²) in [5.74, 6) is 0. The molecule has 0 bridgehead atoms. The summed E-state index contributed by atoms with van der Waals surface area (Å²) in [5, 5.41) is 5.21. The van der Waals surface area contributed by atoms with Crippen molar-refractivity contribution >= 4 is 43.6 Å². The first-order valence-corrected chi connectivity index (χ1v) is 14.3. The van der Waals surface area contributed by atoms with Crippen molar-refractivity contribution in [3.05, 3.63) is 117 Å². The zero-order chi connectivity index (χ0) is 28.0. The van der Waals surface area contributed by atoms with Gasteiger partial charge in [0.1, 0.15) is 0 Å². The van der Waals surface area contributed by atoms with Crippen LogP contribution in [0.4, 0.5) is 0 Å². The second-order valence-corrected chi connectivity index (χ2v) is 12.1. The highest BCUT2D eigenvalue weighted by molar-refractivity contribution is 6.19. The van der Waals surface area contributed by atoms with Gasteiger partial charge in [-0.25, -0.2) is 0 Å². The van der Waals surface area contributed by atoms with Crippen molar-refractivity contribution in [2.45, 2.75) is 55.4 Å². The topological polar surface area (TPSA) is 9.86 Å². The Hall–Kier alpha value is -4.30. The van der Waals surface area contributed by atoms with Crippen molar-refractivity contribution < 1.29 is 0 Å². The van der Waals surface area contributed by atoms with Gasteiger partial charge in [0.05, 0.1) is 33.4 Å². The standard InChI is InChI=1S/C38H36N2/c1-21-9-11-33-29(17-21)31-19-36-32(20-35(31)39(33)37-25(5)13-23(3)14-26(37)6)30-18-22(2)10-12-34(30)40(36)38-27(7)15-24(4)16-28(38)8/h9-20H,1-8H3. The fourth-order valence-corrected chi connectivity index (χ4v) is 7.29. The molecule has 7 aromatic rings. The van der Waals surface area contributed by atoms with E-state index >= 15 is 0 Å². The van der Waals surface area contributed by atoms with Crippen LogP contribution in [-0.2, 0) is 0 Å². The molecule has 40 heavy (non-hydrogen) atoms. The maximum atomic E-state index is 2.51. The summed E-state index contributed by atoms with van der Waals surface area (Å²) in [6.07, 6.45) is 0. The summed E-state index contributed by atoms with van der Waals surface area (Å²) >= 11 is 0. The van der Waals surface area contributed by atoms with E-state index in [1.165, 1.54) is 99.5 Å². The zero-order valence-electron chi connectivity index (χ0n) is 24.8. The van der Waals surface area contributed by atoms with Gasteiger partial charge in [0.25, 0.3) is 0 Å². The van der Waals surface area contributed by atoms with Crippen LogP contribution in [0.3, 0.4) is 0 Å². The lowest BCUT2D eigenvalue weighted by atomic mass is 10.0. The minimum atomic E-state index is 1.26. The van der Waals surface area contributed by atoms with Gasteiger partial charge in [0.15, 0.2) is 0 Å². The molecule has 0 aliphatic carbocycles.